The van der Waals surface area contributed by atoms with E-state index in [4.69, 9.17) is 4.74 Å². The maximum Gasteiger partial charge on any atom is 0.408 e. The summed E-state index contributed by atoms with van der Waals surface area (Å²) in [6.45, 7) is 7.32. The summed E-state index contributed by atoms with van der Waals surface area (Å²) in [6, 6.07) is 6.99. The van der Waals surface area contributed by atoms with Crippen molar-refractivity contribution in [1.29, 1.82) is 0 Å². The molecule has 0 aliphatic heterocycles. The molecule has 0 spiro atoms. The molecule has 1 aromatic carbocycles. The molecule has 1 aromatic rings. The minimum absolute atomic E-state index is 0.0318. The van der Waals surface area contributed by atoms with Crippen molar-refractivity contribution in [2.45, 2.75) is 39.3 Å². The third-order valence-electron chi connectivity index (χ3n) is 2.59. The van der Waals surface area contributed by atoms with Crippen molar-refractivity contribution in [2.75, 3.05) is 5.33 Å². The van der Waals surface area contributed by atoms with Crippen LogP contribution < -0.4 is 5.32 Å². The molecule has 4 nitrogen and oxygen atoms in total. The summed E-state index contributed by atoms with van der Waals surface area (Å²) in [4.78, 5) is 23.2. The first kappa shape index (κ1) is 16.7. The van der Waals surface area contributed by atoms with Crippen LogP contribution in [0.15, 0.2) is 24.3 Å². The number of Topliss-reactive ketones (excluding diaryl/α,β-unsaturated/α-hetero) is 1. The Morgan fingerprint density at radius 3 is 2.25 bits per heavy atom. The second-order valence-corrected chi connectivity index (χ2v) is 6.11. The molecule has 0 heterocycles. The summed E-state index contributed by atoms with van der Waals surface area (Å²) in [5, 5.41) is 3.06. The van der Waals surface area contributed by atoms with Crippen LogP contribution in [0.3, 0.4) is 0 Å². The highest BCUT2D eigenvalue weighted by atomic mass is 79.9. The van der Waals surface area contributed by atoms with Gasteiger partial charge in [-0.15, -0.1) is 0 Å². The Kier molecular flexibility index (Phi) is 5.74. The first-order valence-corrected chi connectivity index (χ1v) is 7.53. The van der Waals surface area contributed by atoms with Gasteiger partial charge in [-0.25, -0.2) is 4.79 Å². The average molecular weight is 342 g/mol. The molecule has 110 valence electrons. The van der Waals surface area contributed by atoms with E-state index >= 15 is 0 Å². The van der Waals surface area contributed by atoms with Crippen molar-refractivity contribution < 1.29 is 14.3 Å². The number of carbonyl (C=O) groups excluding carboxylic acids is 2. The highest BCUT2D eigenvalue weighted by Crippen LogP contribution is 2.15. The van der Waals surface area contributed by atoms with Crippen molar-refractivity contribution in [3.8, 4) is 0 Å². The zero-order valence-electron chi connectivity index (χ0n) is 12.2. The molecule has 5 heteroatoms. The maximum absolute atomic E-state index is 11.7. The second kappa shape index (κ2) is 6.88. The van der Waals surface area contributed by atoms with Gasteiger partial charge in [-0.2, -0.15) is 0 Å². The average Bonchev–Trinajstić information content (AvgIpc) is 2.35. The van der Waals surface area contributed by atoms with Crippen molar-refractivity contribution >= 4 is 27.8 Å². The fourth-order valence-corrected chi connectivity index (χ4v) is 1.93. The van der Waals surface area contributed by atoms with Gasteiger partial charge in [0.1, 0.15) is 5.60 Å². The molecule has 1 N–H and O–H groups in total. The molecular weight excluding hydrogens is 322 g/mol. The largest absolute Gasteiger partial charge is 0.444 e. The van der Waals surface area contributed by atoms with Crippen LogP contribution >= 0.6 is 15.9 Å². The summed E-state index contributed by atoms with van der Waals surface area (Å²) >= 11 is 3.14. The molecule has 0 aliphatic rings. The van der Waals surface area contributed by atoms with Gasteiger partial charge in [0.05, 0.1) is 11.4 Å². The highest BCUT2D eigenvalue weighted by molar-refractivity contribution is 9.09. The quantitative estimate of drug-likeness (QED) is 0.668. The molecule has 0 saturated carbocycles. The normalized spacial score (nSPS) is 12.7. The highest BCUT2D eigenvalue weighted by Gasteiger charge is 2.18. The van der Waals surface area contributed by atoms with E-state index in [-0.39, 0.29) is 11.8 Å². The van der Waals surface area contributed by atoms with Crippen LogP contribution in [-0.2, 0) is 4.74 Å². The van der Waals surface area contributed by atoms with Crippen LogP contribution in [0.4, 0.5) is 4.79 Å². The van der Waals surface area contributed by atoms with E-state index in [1.807, 2.05) is 39.8 Å². The van der Waals surface area contributed by atoms with E-state index < -0.39 is 11.7 Å². The third kappa shape index (κ3) is 5.33. The van der Waals surface area contributed by atoms with Gasteiger partial charge in [-0.05, 0) is 33.3 Å². The van der Waals surface area contributed by atoms with Gasteiger partial charge < -0.3 is 10.1 Å². The Bertz CT molecular complexity index is 477. The van der Waals surface area contributed by atoms with Gasteiger partial charge in [-0.1, -0.05) is 40.2 Å². The predicted octanol–water partition coefficient (Wildman–Crippen LogP) is 3.85. The summed E-state index contributed by atoms with van der Waals surface area (Å²) < 4.78 is 5.20. The Labute approximate surface area is 128 Å². The summed E-state index contributed by atoms with van der Waals surface area (Å²) in [7, 11) is 0. The van der Waals surface area contributed by atoms with E-state index in [2.05, 4.69) is 21.2 Å². The van der Waals surface area contributed by atoms with Crippen molar-refractivity contribution in [3.63, 3.8) is 0 Å². The van der Waals surface area contributed by atoms with Crippen molar-refractivity contribution in [3.05, 3.63) is 35.4 Å². The third-order valence-corrected chi connectivity index (χ3v) is 3.10. The topological polar surface area (TPSA) is 55.4 Å². The number of hydrogen-bond donors (Lipinski definition) is 1. The Morgan fingerprint density at radius 1 is 1.25 bits per heavy atom. The van der Waals surface area contributed by atoms with E-state index in [0.29, 0.717) is 10.9 Å². The number of hydrogen-bond acceptors (Lipinski definition) is 3. The summed E-state index contributed by atoms with van der Waals surface area (Å²) in [5.41, 5.74) is 1.05. The number of nitrogens with one attached hydrogen (secondary N) is 1. The molecule has 1 rings (SSSR count). The molecule has 20 heavy (non-hydrogen) atoms. The lowest BCUT2D eigenvalue weighted by molar-refractivity contribution is 0.0507. The van der Waals surface area contributed by atoms with Crippen LogP contribution in [0.1, 0.15) is 49.7 Å². The Balaban J connectivity index is 2.66. The van der Waals surface area contributed by atoms with Gasteiger partial charge in [-0.3, -0.25) is 4.79 Å². The zero-order valence-corrected chi connectivity index (χ0v) is 13.8. The van der Waals surface area contributed by atoms with E-state index in [1.54, 1.807) is 12.1 Å². The van der Waals surface area contributed by atoms with Crippen LogP contribution in [0.2, 0.25) is 0 Å². The second-order valence-electron chi connectivity index (χ2n) is 5.55. The molecule has 0 saturated heterocycles. The van der Waals surface area contributed by atoms with Gasteiger partial charge >= 0.3 is 6.09 Å². The number of carbonyl (C=O) groups is 2. The molecule has 1 atom stereocenters. The predicted molar refractivity (Wildman–Crippen MR) is 82.4 cm³/mol. The smallest absolute Gasteiger partial charge is 0.408 e. The lowest BCUT2D eigenvalue weighted by atomic mass is 10.0. The lowest BCUT2D eigenvalue weighted by Crippen LogP contribution is -2.34. The van der Waals surface area contributed by atoms with Gasteiger partial charge in [0, 0.05) is 5.56 Å². The molecule has 0 fully saturated rings. The minimum atomic E-state index is -0.518. The van der Waals surface area contributed by atoms with Gasteiger partial charge in [0.15, 0.2) is 5.78 Å². The Morgan fingerprint density at radius 2 is 1.80 bits per heavy atom. The van der Waals surface area contributed by atoms with E-state index in [9.17, 15) is 9.59 Å². The number of ether oxygens (including phenoxy) is 1. The molecule has 0 aliphatic carbocycles. The number of amides is 1. The number of ketones is 1. The van der Waals surface area contributed by atoms with Crippen LogP contribution in [0.5, 0.6) is 0 Å². The molecule has 0 unspecified atom stereocenters. The standard InChI is InChI=1S/C15H20BrNO3/c1-10(17-14(19)20-15(2,3)4)11-5-7-12(8-6-11)13(18)9-16/h5-8,10H,9H2,1-4H3,(H,17,19)/t10-/m0/s1. The van der Waals surface area contributed by atoms with Crippen LogP contribution in [-0.4, -0.2) is 22.8 Å². The fraction of sp³-hybridized carbons (Fsp3) is 0.467. The molecular formula is C15H20BrNO3. The Hall–Kier alpha value is -1.36. The fourth-order valence-electron chi connectivity index (χ4n) is 1.60. The first-order valence-electron chi connectivity index (χ1n) is 6.41. The number of alkyl halides is 1. The van der Waals surface area contributed by atoms with Crippen molar-refractivity contribution in [2.24, 2.45) is 0 Å². The molecule has 0 aromatic heterocycles. The maximum atomic E-state index is 11.7. The lowest BCUT2D eigenvalue weighted by Gasteiger charge is -2.22. The monoisotopic (exact) mass is 341 g/mol. The summed E-state index contributed by atoms with van der Waals surface area (Å²) in [6.07, 6.45) is -0.453. The molecule has 1 amide bonds. The number of rotatable bonds is 4. The van der Waals surface area contributed by atoms with Gasteiger partial charge in [0.25, 0.3) is 0 Å². The SMILES string of the molecule is C[C@H](NC(=O)OC(C)(C)C)c1ccc(C(=O)CBr)cc1. The zero-order chi connectivity index (χ0) is 15.3. The first-order chi connectivity index (χ1) is 9.23. The van der Waals surface area contributed by atoms with Crippen LogP contribution in [0.25, 0.3) is 0 Å². The van der Waals surface area contributed by atoms with Crippen LogP contribution in [0, 0.1) is 0 Å². The molecule has 0 bridgehead atoms. The van der Waals surface area contributed by atoms with E-state index in [1.165, 1.54) is 0 Å². The van der Waals surface area contributed by atoms with E-state index in [0.717, 1.165) is 5.56 Å². The number of benzene rings is 1. The number of halogens is 1. The number of alkyl carbamates (subject to hydrolysis) is 1. The minimum Gasteiger partial charge on any atom is -0.444 e. The summed E-state index contributed by atoms with van der Waals surface area (Å²) in [5.74, 6) is 0.0318. The molecule has 0 radical (unpaired) electrons. The van der Waals surface area contributed by atoms with Gasteiger partial charge in [0.2, 0.25) is 0 Å². The van der Waals surface area contributed by atoms with Crippen molar-refractivity contribution in [1.82, 2.24) is 5.32 Å².